The van der Waals surface area contributed by atoms with Gasteiger partial charge in [-0.15, -0.1) is 0 Å². The molecule has 0 fully saturated rings. The average Bonchev–Trinajstić information content (AvgIpc) is 3.29. The van der Waals surface area contributed by atoms with E-state index in [9.17, 15) is 38.4 Å². The predicted octanol–water partition coefficient (Wildman–Crippen LogP) is -5.22. The van der Waals surface area contributed by atoms with Gasteiger partial charge in [0.25, 0.3) is 43.4 Å². The summed E-state index contributed by atoms with van der Waals surface area (Å²) in [5, 5.41) is 65.7. The first-order valence-electron chi connectivity index (χ1n) is 7.42. The average molecular weight is 456 g/mol. The molecule has 8 N–H and O–H groups in total. The van der Waals surface area contributed by atoms with E-state index >= 15 is 0 Å². The van der Waals surface area contributed by atoms with Crippen molar-refractivity contribution in [2.75, 3.05) is 0 Å². The van der Waals surface area contributed by atoms with Crippen molar-refractivity contribution in [3.8, 4) is 46.0 Å². The van der Waals surface area contributed by atoms with Gasteiger partial charge in [0.15, 0.2) is 0 Å². The van der Waals surface area contributed by atoms with Gasteiger partial charge in [-0.3, -0.25) is 38.4 Å². The number of hydrogen-bond acceptors (Lipinski definition) is 16. The van der Waals surface area contributed by atoms with E-state index in [1.165, 1.54) is 0 Å². The smallest absolute Gasteiger partial charge is 0.280 e. The SMILES string of the molecule is O=c1c(O)c(O)c(=O)c1=O.O=c1c(O)c(O)c1=O.O=c1c(O)c(O)c1=O.O=c1c(O)c1O. The summed E-state index contributed by atoms with van der Waals surface area (Å²) in [7, 11) is 0. The maximum atomic E-state index is 10.3. The molecule has 16 heteroatoms. The molecule has 16 nitrogen and oxygen atoms in total. The highest BCUT2D eigenvalue weighted by Crippen LogP contribution is 2.23. The van der Waals surface area contributed by atoms with Gasteiger partial charge in [0.2, 0.25) is 46.0 Å². The molecular formula is C16H8O16. The summed E-state index contributed by atoms with van der Waals surface area (Å²) in [6.07, 6.45) is 0. The van der Waals surface area contributed by atoms with Crippen LogP contribution in [0.5, 0.6) is 46.0 Å². The highest BCUT2D eigenvalue weighted by atomic mass is 16.3. The molecular weight excluding hydrogens is 448 g/mol. The fraction of sp³-hybridized carbons (Fsp3) is 0. The molecule has 0 aliphatic carbocycles. The van der Waals surface area contributed by atoms with Crippen molar-refractivity contribution in [1.82, 2.24) is 0 Å². The Morgan fingerprint density at radius 1 is 0.219 bits per heavy atom. The zero-order chi connectivity index (χ0) is 25.2. The fourth-order valence-corrected chi connectivity index (χ4v) is 1.42. The van der Waals surface area contributed by atoms with E-state index in [2.05, 4.69) is 0 Å². The molecule has 0 spiro atoms. The minimum Gasteiger partial charge on any atom is -0.501 e. The van der Waals surface area contributed by atoms with Gasteiger partial charge in [0, 0.05) is 0 Å². The van der Waals surface area contributed by atoms with Crippen LogP contribution in [-0.2, 0) is 0 Å². The second-order valence-electron chi connectivity index (χ2n) is 5.42. The lowest BCUT2D eigenvalue weighted by molar-refractivity contribution is 0.384. The zero-order valence-corrected chi connectivity index (χ0v) is 14.8. The molecule has 4 rings (SSSR count). The second kappa shape index (κ2) is 8.61. The third-order valence-electron chi connectivity index (χ3n) is 3.38. The van der Waals surface area contributed by atoms with Crippen LogP contribution in [0, 0.1) is 0 Å². The molecule has 0 atom stereocenters. The van der Waals surface area contributed by atoms with Gasteiger partial charge < -0.3 is 40.9 Å². The van der Waals surface area contributed by atoms with Crippen molar-refractivity contribution < 1.29 is 40.9 Å². The van der Waals surface area contributed by atoms with Crippen molar-refractivity contribution >= 4 is 0 Å². The first-order chi connectivity index (χ1) is 14.6. The molecule has 0 saturated heterocycles. The van der Waals surface area contributed by atoms with Gasteiger partial charge in [-0.2, -0.15) is 0 Å². The van der Waals surface area contributed by atoms with Crippen LogP contribution in [0.25, 0.3) is 0 Å². The van der Waals surface area contributed by atoms with Crippen LogP contribution in [0.4, 0.5) is 0 Å². The minimum atomic E-state index is -1.39. The summed E-state index contributed by atoms with van der Waals surface area (Å²) in [5.74, 6) is -6.59. The van der Waals surface area contributed by atoms with Gasteiger partial charge in [0.1, 0.15) is 0 Å². The highest BCUT2D eigenvalue weighted by Gasteiger charge is 2.19. The van der Waals surface area contributed by atoms with Gasteiger partial charge in [-0.1, -0.05) is 0 Å². The van der Waals surface area contributed by atoms with Crippen molar-refractivity contribution in [3.63, 3.8) is 0 Å². The van der Waals surface area contributed by atoms with E-state index in [0.29, 0.717) is 0 Å². The van der Waals surface area contributed by atoms with Gasteiger partial charge >= 0.3 is 0 Å². The number of rotatable bonds is 0. The fourth-order valence-electron chi connectivity index (χ4n) is 1.42. The summed E-state index contributed by atoms with van der Waals surface area (Å²) in [6.45, 7) is 0. The standard InChI is InChI=1S/C5H2O5.2C4H2O4.C3H2O3/c6-1-2(7)4(9)5(10)3(1)8;2*5-1-2(6)4(8)3(1)7;4-1-2(5)3(1)6/h6-7H;2*5-6H;4-5H. The molecule has 0 amide bonds. The Balaban J connectivity index is 0.000000216. The molecule has 0 bridgehead atoms. The predicted molar refractivity (Wildman–Crippen MR) is 98.7 cm³/mol. The van der Waals surface area contributed by atoms with E-state index in [1.54, 1.807) is 0 Å². The maximum Gasteiger partial charge on any atom is 0.280 e. The molecule has 0 aliphatic heterocycles. The van der Waals surface area contributed by atoms with Crippen LogP contribution >= 0.6 is 0 Å². The third kappa shape index (κ3) is 4.32. The Bertz CT molecular complexity index is 1430. The zero-order valence-electron chi connectivity index (χ0n) is 14.8. The van der Waals surface area contributed by atoms with Crippen molar-refractivity contribution in [3.05, 3.63) is 81.8 Å². The topological polar surface area (TPSA) is 298 Å². The summed E-state index contributed by atoms with van der Waals surface area (Å²) < 4.78 is 0. The van der Waals surface area contributed by atoms with Crippen LogP contribution in [0.3, 0.4) is 0 Å². The maximum absolute atomic E-state index is 10.3. The Morgan fingerprint density at radius 2 is 0.344 bits per heavy atom. The molecule has 0 unspecified atom stereocenters. The van der Waals surface area contributed by atoms with E-state index in [4.69, 9.17) is 40.9 Å². The van der Waals surface area contributed by atoms with Crippen molar-refractivity contribution in [2.45, 2.75) is 0 Å². The summed E-state index contributed by atoms with van der Waals surface area (Å²) in [6, 6.07) is 0. The number of aromatic hydroxyl groups is 8. The second-order valence-corrected chi connectivity index (χ2v) is 5.42. The molecule has 0 heterocycles. The molecule has 4 aromatic carbocycles. The summed E-state index contributed by atoms with van der Waals surface area (Å²) in [5.41, 5.74) is -8.76. The first kappa shape index (κ1) is 24.8. The van der Waals surface area contributed by atoms with Gasteiger partial charge in [-0.25, -0.2) is 0 Å². The minimum absolute atomic E-state index is 0.491. The quantitative estimate of drug-likeness (QED) is 0.115. The molecule has 0 saturated carbocycles. The Morgan fingerprint density at radius 3 is 0.375 bits per heavy atom. The monoisotopic (exact) mass is 456 g/mol. The lowest BCUT2D eigenvalue weighted by atomic mass is 10.2. The van der Waals surface area contributed by atoms with Crippen LogP contribution in [0.15, 0.2) is 38.4 Å². The Labute approximate surface area is 169 Å². The largest absolute Gasteiger partial charge is 0.501 e. The van der Waals surface area contributed by atoms with Crippen LogP contribution in [0.1, 0.15) is 0 Å². The summed E-state index contributed by atoms with van der Waals surface area (Å²) in [4.78, 5) is 80.3. The van der Waals surface area contributed by atoms with Crippen LogP contribution < -0.4 is 43.4 Å². The number of hydrogen-bond donors (Lipinski definition) is 8. The normalized spacial score (nSPS) is 10.0. The summed E-state index contributed by atoms with van der Waals surface area (Å²) >= 11 is 0. The molecule has 0 radical (unpaired) electrons. The molecule has 0 aromatic heterocycles. The van der Waals surface area contributed by atoms with E-state index < -0.39 is 89.4 Å². The van der Waals surface area contributed by atoms with E-state index in [1.807, 2.05) is 0 Å². The molecule has 168 valence electrons. The van der Waals surface area contributed by atoms with Gasteiger partial charge in [0.05, 0.1) is 0 Å². The van der Waals surface area contributed by atoms with Crippen molar-refractivity contribution in [1.29, 1.82) is 0 Å². The van der Waals surface area contributed by atoms with E-state index in [0.717, 1.165) is 0 Å². The Hall–Kier alpha value is -5.28. The molecule has 32 heavy (non-hydrogen) atoms. The Kier molecular flexibility index (Phi) is 6.66. The van der Waals surface area contributed by atoms with E-state index in [-0.39, 0.29) is 0 Å². The van der Waals surface area contributed by atoms with Gasteiger partial charge in [-0.05, 0) is 0 Å². The lowest BCUT2D eigenvalue weighted by Gasteiger charge is -1.92. The first-order valence-corrected chi connectivity index (χ1v) is 7.42. The molecule has 0 aliphatic rings. The molecule has 4 aromatic rings. The van der Waals surface area contributed by atoms with Crippen LogP contribution in [-0.4, -0.2) is 40.9 Å². The third-order valence-corrected chi connectivity index (χ3v) is 3.38. The van der Waals surface area contributed by atoms with Crippen molar-refractivity contribution in [2.24, 2.45) is 0 Å². The lowest BCUT2D eigenvalue weighted by Crippen LogP contribution is -2.29. The van der Waals surface area contributed by atoms with Crippen LogP contribution in [0.2, 0.25) is 0 Å². The highest BCUT2D eigenvalue weighted by molar-refractivity contribution is 5.50.